The van der Waals surface area contributed by atoms with Gasteiger partial charge in [0.15, 0.2) is 13.5 Å². The maximum Gasteiger partial charge on any atom is 0.266 e. The van der Waals surface area contributed by atoms with E-state index < -0.39 is 0 Å². The molecule has 3 aliphatic rings. The molecule has 3 heterocycles. The van der Waals surface area contributed by atoms with Gasteiger partial charge in [-0.15, -0.1) is 0 Å². The molecule has 10 nitrogen and oxygen atoms in total. The van der Waals surface area contributed by atoms with E-state index in [2.05, 4.69) is 235 Å². The van der Waals surface area contributed by atoms with Gasteiger partial charge in [0.05, 0.1) is 44.0 Å². The van der Waals surface area contributed by atoms with Crippen LogP contribution < -0.4 is 33.8 Å². The highest BCUT2D eigenvalue weighted by atomic mass is 16.5. The lowest BCUT2D eigenvalue weighted by atomic mass is 9.76. The van der Waals surface area contributed by atoms with Crippen molar-refractivity contribution in [2.24, 2.45) is 0 Å². The second kappa shape index (κ2) is 22.7. The molecule has 0 unspecified atom stereocenters. The number of fused-ring (bicyclic) bond motifs is 3. The fourth-order valence-electron chi connectivity index (χ4n) is 11.0. The number of benzene rings is 8. The Kier molecular flexibility index (Phi) is 15.1. The molecule has 1 N–H and O–H groups in total. The molecule has 0 saturated heterocycles. The third-order valence-electron chi connectivity index (χ3n) is 15.7. The van der Waals surface area contributed by atoms with Crippen LogP contribution in [0.15, 0.2) is 188 Å². The second-order valence-electron chi connectivity index (χ2n) is 21.5. The highest BCUT2D eigenvalue weighted by molar-refractivity contribution is 5.59. The Morgan fingerprint density at radius 3 is 1.53 bits per heavy atom. The molecule has 0 aromatic heterocycles. The maximum absolute atomic E-state index is 6.68. The summed E-state index contributed by atoms with van der Waals surface area (Å²) in [5.41, 5.74) is 14.6. The molecule has 0 amide bonds. The molecule has 11 rings (SSSR count). The molecule has 77 heavy (non-hydrogen) atoms. The van der Waals surface area contributed by atoms with E-state index in [1.807, 2.05) is 0 Å². The number of aliphatic hydroxyl groups is 1. The van der Waals surface area contributed by atoms with Gasteiger partial charge in [0.2, 0.25) is 0 Å². The van der Waals surface area contributed by atoms with Crippen molar-refractivity contribution >= 4 is 22.7 Å². The largest absolute Gasteiger partial charge is 0.567 e. The number of hydrogen-bond acceptors (Lipinski definition) is 9. The zero-order valence-corrected chi connectivity index (χ0v) is 45.2. The van der Waals surface area contributed by atoms with E-state index in [0.717, 1.165) is 70.9 Å². The molecule has 3 aliphatic heterocycles. The Labute approximate surface area is 454 Å². The van der Waals surface area contributed by atoms with Crippen LogP contribution in [-0.4, -0.2) is 58.5 Å². The van der Waals surface area contributed by atoms with Gasteiger partial charge >= 0.3 is 0 Å². The van der Waals surface area contributed by atoms with Gasteiger partial charge < -0.3 is 43.1 Å². The first-order valence-corrected chi connectivity index (χ1v) is 27.0. The smallest absolute Gasteiger partial charge is 0.266 e. The number of anilines is 4. The summed E-state index contributed by atoms with van der Waals surface area (Å²) in [6.07, 6.45) is 0. The van der Waals surface area contributed by atoms with Gasteiger partial charge in [-0.25, -0.2) is 0 Å². The van der Waals surface area contributed by atoms with Gasteiger partial charge in [0, 0.05) is 77.0 Å². The van der Waals surface area contributed by atoms with Crippen molar-refractivity contribution in [2.45, 2.75) is 71.2 Å². The number of aromatic hydroxyl groups is 1. The van der Waals surface area contributed by atoms with E-state index in [-0.39, 0.29) is 10.8 Å². The number of para-hydroxylation sites is 4. The minimum Gasteiger partial charge on any atom is -0.567 e. The first kappa shape index (κ1) is 51.2. The van der Waals surface area contributed by atoms with Crippen LogP contribution in [0, 0.1) is 0 Å². The van der Waals surface area contributed by atoms with Crippen molar-refractivity contribution in [1.29, 1.82) is 0 Å². The zero-order chi connectivity index (χ0) is 52.8. The molecular weight excluding hydrogens is 957 g/mol. The minimum atomic E-state index is -0.366. The van der Waals surface area contributed by atoms with Gasteiger partial charge in [0.1, 0.15) is 23.9 Å². The SMILES string of the molecule is COCCOCCOc1ccc(C(C)(C)c2ccc3c(c2)CN(c2ccccc2)CO3)cc1CN(Cc1cc(C(C)(C)c2ccc3c(c2)CN(c2ccccc2)CO3)cc2c1[OH+]CN(c1ccccc1)C2)c1ccccc1. The molecule has 0 bridgehead atoms. The summed E-state index contributed by atoms with van der Waals surface area (Å²) in [4.78, 5) is 9.43. The molecule has 0 saturated carbocycles. The Hall–Kier alpha value is -7.92. The van der Waals surface area contributed by atoms with Gasteiger partial charge in [-0.1, -0.05) is 119 Å². The fourth-order valence-corrected chi connectivity index (χ4v) is 11.0. The molecule has 0 aliphatic carbocycles. The van der Waals surface area contributed by atoms with Crippen LogP contribution in [0.1, 0.15) is 77.8 Å². The highest BCUT2D eigenvalue weighted by Gasteiger charge is 2.34. The molecule has 0 radical (unpaired) electrons. The zero-order valence-electron chi connectivity index (χ0n) is 45.2. The summed E-state index contributed by atoms with van der Waals surface area (Å²) in [6, 6.07) is 67.5. The average molecular weight is 1030 g/mol. The van der Waals surface area contributed by atoms with Crippen molar-refractivity contribution in [3.63, 3.8) is 0 Å². The third-order valence-corrected chi connectivity index (χ3v) is 15.7. The third kappa shape index (κ3) is 11.3. The summed E-state index contributed by atoms with van der Waals surface area (Å²) >= 11 is 0. The van der Waals surface area contributed by atoms with Crippen LogP contribution in [0.2, 0.25) is 0 Å². The van der Waals surface area contributed by atoms with E-state index in [4.69, 9.17) is 28.4 Å². The van der Waals surface area contributed by atoms with E-state index in [1.54, 1.807) is 7.11 Å². The van der Waals surface area contributed by atoms with Crippen LogP contribution in [0.3, 0.4) is 0 Å². The van der Waals surface area contributed by atoms with Crippen LogP contribution >= 0.6 is 0 Å². The number of hydrogen-bond donors (Lipinski definition) is 0. The second-order valence-corrected chi connectivity index (χ2v) is 21.5. The Balaban J connectivity index is 0.953. The van der Waals surface area contributed by atoms with Crippen molar-refractivity contribution in [1.82, 2.24) is 0 Å². The topological polar surface area (TPSA) is 71.9 Å². The molecule has 8 aromatic rings. The Morgan fingerprint density at radius 2 is 0.948 bits per heavy atom. The van der Waals surface area contributed by atoms with Gasteiger partial charge in [-0.05, 0) is 119 Å². The lowest BCUT2D eigenvalue weighted by molar-refractivity contribution is 0.0523. The molecule has 0 spiro atoms. The first-order chi connectivity index (χ1) is 37.6. The number of rotatable bonds is 19. The summed E-state index contributed by atoms with van der Waals surface area (Å²) in [7, 11) is 1.69. The summed E-state index contributed by atoms with van der Waals surface area (Å²) < 4.78 is 35.9. The molecule has 8 aromatic carbocycles. The van der Waals surface area contributed by atoms with E-state index in [9.17, 15) is 0 Å². The highest BCUT2D eigenvalue weighted by Crippen LogP contribution is 2.44. The monoisotopic (exact) mass is 1030 g/mol. The van der Waals surface area contributed by atoms with E-state index >= 15 is 0 Å². The number of methoxy groups -OCH3 is 1. The van der Waals surface area contributed by atoms with Crippen molar-refractivity contribution in [2.75, 3.05) is 73.3 Å². The molecular formula is C67H71N4O6+. The van der Waals surface area contributed by atoms with Crippen LogP contribution in [0.4, 0.5) is 22.7 Å². The summed E-state index contributed by atoms with van der Waals surface area (Å²) in [5.74, 6) is 3.78. The number of ether oxygens (including phenoxy) is 6. The van der Waals surface area contributed by atoms with Crippen molar-refractivity contribution in [3.8, 4) is 23.0 Å². The lowest BCUT2D eigenvalue weighted by Gasteiger charge is -2.35. The summed E-state index contributed by atoms with van der Waals surface area (Å²) in [5, 5.41) is 0. The molecule has 0 atom stereocenters. The Bertz CT molecular complexity index is 3260. The average Bonchev–Trinajstić information content (AvgIpc) is 3.52. The standard InChI is InChI=1S/C67H70N4O6/c1-66(2,55-27-30-63-50(37-55)42-69(46-75-63)59-20-12-7-13-21-59)54-26-29-62(74-35-34-73-33-32-72-5)49(36-54)41-68(58-18-10-6-11-19-58)44-52-39-57(40-53-45-71(48-77-65(52)53)61-24-16-9-17-25-61)67(3,4)56-28-31-64-51(38-56)43-70(47-76-64)60-22-14-8-15-23-60/h6-31,36-40H,32-35,41-48H2,1-5H3/p+1. The first-order valence-electron chi connectivity index (χ1n) is 27.0. The molecule has 10 heteroatoms. The maximum atomic E-state index is 6.68. The predicted molar refractivity (Wildman–Crippen MR) is 310 cm³/mol. The van der Waals surface area contributed by atoms with Gasteiger partial charge in [-0.3, -0.25) is 4.90 Å². The van der Waals surface area contributed by atoms with E-state index in [0.29, 0.717) is 59.7 Å². The normalized spacial score (nSPS) is 14.1. The Morgan fingerprint density at radius 1 is 0.481 bits per heavy atom. The lowest BCUT2D eigenvalue weighted by Crippen LogP contribution is -2.33. The van der Waals surface area contributed by atoms with Crippen LogP contribution in [0.5, 0.6) is 23.0 Å². The molecule has 394 valence electrons. The van der Waals surface area contributed by atoms with Crippen molar-refractivity contribution < 1.29 is 28.4 Å². The van der Waals surface area contributed by atoms with E-state index in [1.165, 1.54) is 44.5 Å². The van der Waals surface area contributed by atoms with Crippen molar-refractivity contribution in [3.05, 3.63) is 238 Å². The quantitative estimate of drug-likeness (QED) is 0.0582. The fraction of sp³-hybridized carbons (Fsp3) is 0.284. The van der Waals surface area contributed by atoms with Crippen LogP contribution in [0.25, 0.3) is 0 Å². The predicted octanol–water partition coefficient (Wildman–Crippen LogP) is 13.5. The van der Waals surface area contributed by atoms with Gasteiger partial charge in [0.25, 0.3) is 12.5 Å². The summed E-state index contributed by atoms with van der Waals surface area (Å²) in [6.45, 7) is 16.4. The van der Waals surface area contributed by atoms with Gasteiger partial charge in [-0.2, -0.15) is 0 Å². The number of nitrogens with zero attached hydrogens (tertiary/aromatic N) is 4. The molecule has 0 fully saturated rings. The van der Waals surface area contributed by atoms with Crippen LogP contribution in [-0.2, 0) is 53.0 Å². The minimum absolute atomic E-state index is 0.358.